The van der Waals surface area contributed by atoms with Crippen molar-refractivity contribution in [3.63, 3.8) is 0 Å². The van der Waals surface area contributed by atoms with Crippen LogP contribution in [0.4, 0.5) is 0 Å². The molecule has 6 nitrogen and oxygen atoms in total. The number of rotatable bonds is 57. The van der Waals surface area contributed by atoms with Gasteiger partial charge in [0.1, 0.15) is 13.2 Å². The summed E-state index contributed by atoms with van der Waals surface area (Å²) in [6, 6.07) is 0. The van der Waals surface area contributed by atoms with E-state index in [1.165, 1.54) is 103 Å². The van der Waals surface area contributed by atoms with Crippen LogP contribution in [0.1, 0.15) is 284 Å². The zero-order valence-corrected chi connectivity index (χ0v) is 50.6. The monoisotopic (exact) mass is 1080 g/mol. The maximum atomic E-state index is 12.8. The smallest absolute Gasteiger partial charge is 0.306 e. The van der Waals surface area contributed by atoms with Crippen molar-refractivity contribution in [1.82, 2.24) is 0 Å². The van der Waals surface area contributed by atoms with E-state index in [-0.39, 0.29) is 31.1 Å². The summed E-state index contributed by atoms with van der Waals surface area (Å²) in [5, 5.41) is 0. The van der Waals surface area contributed by atoms with Gasteiger partial charge < -0.3 is 14.2 Å². The van der Waals surface area contributed by atoms with Crippen molar-refractivity contribution in [3.8, 4) is 0 Å². The third-order valence-electron chi connectivity index (χ3n) is 13.4. The van der Waals surface area contributed by atoms with Gasteiger partial charge in [0, 0.05) is 19.3 Å². The van der Waals surface area contributed by atoms with E-state index in [2.05, 4.69) is 154 Å². The average molecular weight is 1080 g/mol. The van der Waals surface area contributed by atoms with E-state index in [1.54, 1.807) is 0 Å². The summed E-state index contributed by atoms with van der Waals surface area (Å²) in [6.07, 6.45) is 92.1. The van der Waals surface area contributed by atoms with Crippen LogP contribution in [0, 0.1) is 0 Å². The quantitative estimate of drug-likeness (QED) is 0.0261. The normalized spacial score (nSPS) is 13.0. The molecular formula is C72H118O6. The zero-order chi connectivity index (χ0) is 56.4. The molecule has 0 aromatic heterocycles. The molecule has 1 atom stereocenters. The van der Waals surface area contributed by atoms with Crippen molar-refractivity contribution in [2.75, 3.05) is 13.2 Å². The molecule has 1 unspecified atom stereocenters. The lowest BCUT2D eigenvalue weighted by atomic mass is 10.0. The Hall–Kier alpha value is -4.45. The standard InChI is InChI=1S/C72H118O6/c1-4-7-10-13-16-18-20-22-24-26-28-30-32-33-34-35-36-37-38-39-41-42-44-46-48-50-52-54-56-59-62-65-71(74)77-68-69(67-76-70(73)64-61-58-15-12-9-6-3)78-72(75)66-63-60-57-55-53-51-49-47-45-43-40-31-29-27-25-23-21-19-17-14-11-8-5-2/h7-8,10-11,16-19,22-25,28-31,33-34,43,45,49,51,69H,4-6,9,12-15,20-21,26-27,32,35-42,44,46-48,50,52-68H2,1-3H3/b10-7-,11-8-,18-16-,19-17-,24-22-,25-23-,30-28-,31-29-,34-33-,45-43-,51-49-. The molecule has 0 N–H and O–H groups in total. The van der Waals surface area contributed by atoms with Gasteiger partial charge in [-0.1, -0.05) is 283 Å². The number of esters is 3. The highest BCUT2D eigenvalue weighted by Gasteiger charge is 2.19. The SMILES string of the molecule is CC/C=C\C/C=C\C/C=C\C/C=C\C/C=C\C/C=C\CCCCCCC(=O)OC(COC(=O)CCCCCCCC)COC(=O)CCCCCCCCCCCCCCCCC/C=C\C/C=C\C/C=C\C/C=C\C/C=C\CC. The minimum Gasteiger partial charge on any atom is -0.462 e. The molecule has 78 heavy (non-hydrogen) atoms. The van der Waals surface area contributed by atoms with Gasteiger partial charge in [0.2, 0.25) is 0 Å². The van der Waals surface area contributed by atoms with Crippen molar-refractivity contribution < 1.29 is 28.6 Å². The third-order valence-corrected chi connectivity index (χ3v) is 13.4. The Morgan fingerprint density at radius 2 is 0.500 bits per heavy atom. The first kappa shape index (κ1) is 73.5. The zero-order valence-electron chi connectivity index (χ0n) is 50.6. The molecule has 442 valence electrons. The number of hydrogen-bond acceptors (Lipinski definition) is 6. The first-order valence-corrected chi connectivity index (χ1v) is 32.2. The van der Waals surface area contributed by atoms with E-state index < -0.39 is 6.10 Å². The van der Waals surface area contributed by atoms with Gasteiger partial charge in [0.25, 0.3) is 0 Å². The molecular weight excluding hydrogens is 961 g/mol. The first-order valence-electron chi connectivity index (χ1n) is 32.2. The lowest BCUT2D eigenvalue weighted by Crippen LogP contribution is -2.30. The fourth-order valence-corrected chi connectivity index (χ4v) is 8.65. The van der Waals surface area contributed by atoms with Crippen molar-refractivity contribution in [3.05, 3.63) is 134 Å². The van der Waals surface area contributed by atoms with Gasteiger partial charge in [-0.3, -0.25) is 14.4 Å². The summed E-state index contributed by atoms with van der Waals surface area (Å²) in [6.45, 7) is 6.34. The second-order valence-electron chi connectivity index (χ2n) is 20.9. The average Bonchev–Trinajstić information content (AvgIpc) is 3.44. The summed E-state index contributed by atoms with van der Waals surface area (Å²) >= 11 is 0. The Morgan fingerprint density at radius 1 is 0.269 bits per heavy atom. The van der Waals surface area contributed by atoms with Crippen LogP contribution in [0.15, 0.2) is 134 Å². The Labute approximate surface area is 481 Å². The highest BCUT2D eigenvalue weighted by Crippen LogP contribution is 2.16. The maximum absolute atomic E-state index is 12.8. The van der Waals surface area contributed by atoms with Crippen LogP contribution < -0.4 is 0 Å². The summed E-state index contributed by atoms with van der Waals surface area (Å²) in [7, 11) is 0. The summed E-state index contributed by atoms with van der Waals surface area (Å²) < 4.78 is 16.8. The second-order valence-corrected chi connectivity index (χ2v) is 20.9. The van der Waals surface area contributed by atoms with E-state index in [0.29, 0.717) is 19.3 Å². The van der Waals surface area contributed by atoms with Gasteiger partial charge in [-0.15, -0.1) is 0 Å². The number of allylic oxidation sites excluding steroid dienone is 22. The number of ether oxygens (including phenoxy) is 3. The molecule has 0 aromatic rings. The molecule has 0 aromatic carbocycles. The predicted molar refractivity (Wildman–Crippen MR) is 339 cm³/mol. The fourth-order valence-electron chi connectivity index (χ4n) is 8.65. The summed E-state index contributed by atoms with van der Waals surface area (Å²) in [5.41, 5.74) is 0. The molecule has 0 saturated carbocycles. The number of hydrogen-bond donors (Lipinski definition) is 0. The third kappa shape index (κ3) is 62.4. The Bertz CT molecular complexity index is 1670. The van der Waals surface area contributed by atoms with Crippen molar-refractivity contribution in [1.29, 1.82) is 0 Å². The maximum Gasteiger partial charge on any atom is 0.306 e. The minimum absolute atomic E-state index is 0.0900. The van der Waals surface area contributed by atoms with Crippen molar-refractivity contribution in [2.24, 2.45) is 0 Å². The van der Waals surface area contributed by atoms with Gasteiger partial charge in [-0.25, -0.2) is 0 Å². The van der Waals surface area contributed by atoms with E-state index in [0.717, 1.165) is 141 Å². The molecule has 0 spiro atoms. The fraction of sp³-hybridized carbons (Fsp3) is 0.653. The molecule has 0 radical (unpaired) electrons. The molecule has 0 amide bonds. The molecule has 0 heterocycles. The van der Waals surface area contributed by atoms with Crippen LogP contribution in [0.5, 0.6) is 0 Å². The van der Waals surface area contributed by atoms with E-state index >= 15 is 0 Å². The van der Waals surface area contributed by atoms with Crippen molar-refractivity contribution >= 4 is 17.9 Å². The van der Waals surface area contributed by atoms with E-state index in [9.17, 15) is 14.4 Å². The Balaban J connectivity index is 4.12. The molecule has 0 aliphatic carbocycles. The van der Waals surface area contributed by atoms with Gasteiger partial charge in [-0.2, -0.15) is 0 Å². The molecule has 0 saturated heterocycles. The van der Waals surface area contributed by atoms with Crippen LogP contribution in [0.25, 0.3) is 0 Å². The number of unbranched alkanes of at least 4 members (excludes halogenated alkanes) is 24. The lowest BCUT2D eigenvalue weighted by Gasteiger charge is -2.18. The van der Waals surface area contributed by atoms with Crippen LogP contribution >= 0.6 is 0 Å². The van der Waals surface area contributed by atoms with Gasteiger partial charge >= 0.3 is 17.9 Å². The van der Waals surface area contributed by atoms with Gasteiger partial charge in [0.15, 0.2) is 6.10 Å². The van der Waals surface area contributed by atoms with Crippen LogP contribution in [-0.4, -0.2) is 37.2 Å². The highest BCUT2D eigenvalue weighted by atomic mass is 16.6. The topological polar surface area (TPSA) is 78.9 Å². The van der Waals surface area contributed by atoms with Gasteiger partial charge in [0.05, 0.1) is 0 Å². The summed E-state index contributed by atoms with van der Waals surface area (Å²) in [5.74, 6) is -0.923. The van der Waals surface area contributed by atoms with Crippen LogP contribution in [0.3, 0.4) is 0 Å². The minimum atomic E-state index is -0.792. The molecule has 6 heteroatoms. The molecule has 0 fully saturated rings. The number of carbonyl (C=O) groups excluding carboxylic acids is 3. The number of carbonyl (C=O) groups is 3. The molecule has 0 rings (SSSR count). The second kappa shape index (κ2) is 65.1. The van der Waals surface area contributed by atoms with Crippen LogP contribution in [0.2, 0.25) is 0 Å². The molecule has 0 aliphatic heterocycles. The summed E-state index contributed by atoms with van der Waals surface area (Å²) in [4.78, 5) is 38.0. The predicted octanol–water partition coefficient (Wildman–Crippen LogP) is 22.2. The first-order chi connectivity index (χ1) is 38.5. The molecule has 0 bridgehead atoms. The van der Waals surface area contributed by atoms with E-state index in [4.69, 9.17) is 14.2 Å². The largest absolute Gasteiger partial charge is 0.462 e. The Kier molecular flexibility index (Phi) is 61.4. The van der Waals surface area contributed by atoms with Crippen molar-refractivity contribution in [2.45, 2.75) is 290 Å². The lowest BCUT2D eigenvalue weighted by molar-refractivity contribution is -0.167. The van der Waals surface area contributed by atoms with E-state index in [1.807, 2.05) is 0 Å². The Morgan fingerprint density at radius 3 is 0.782 bits per heavy atom. The van der Waals surface area contributed by atoms with Gasteiger partial charge in [-0.05, 0) is 116 Å². The van der Waals surface area contributed by atoms with Crippen LogP contribution in [-0.2, 0) is 28.6 Å². The molecule has 0 aliphatic rings. The highest BCUT2D eigenvalue weighted by molar-refractivity contribution is 5.71.